The van der Waals surface area contributed by atoms with E-state index in [4.69, 9.17) is 0 Å². The van der Waals surface area contributed by atoms with Gasteiger partial charge in [-0.3, -0.25) is 9.48 Å². The van der Waals surface area contributed by atoms with E-state index in [1.807, 2.05) is 68.0 Å². The SMILES string of the molecule is CC(C)NC(=O)c1cc(-c2ccn(C)n2)n2ccccc12. The molecule has 0 saturated heterocycles. The van der Waals surface area contributed by atoms with Crippen molar-refractivity contribution >= 4 is 11.4 Å². The van der Waals surface area contributed by atoms with Crippen LogP contribution in [0.3, 0.4) is 0 Å². The molecule has 3 heterocycles. The number of fused-ring (bicyclic) bond motifs is 1. The van der Waals surface area contributed by atoms with Crippen LogP contribution in [0.2, 0.25) is 0 Å². The van der Waals surface area contributed by atoms with Crippen LogP contribution < -0.4 is 5.32 Å². The van der Waals surface area contributed by atoms with Crippen molar-refractivity contribution in [3.63, 3.8) is 0 Å². The number of hydrogen-bond donors (Lipinski definition) is 1. The Balaban J connectivity index is 2.16. The molecule has 0 unspecified atom stereocenters. The highest BCUT2D eigenvalue weighted by atomic mass is 16.1. The zero-order valence-corrected chi connectivity index (χ0v) is 12.4. The van der Waals surface area contributed by atoms with Crippen molar-refractivity contribution in [1.82, 2.24) is 19.5 Å². The van der Waals surface area contributed by atoms with E-state index in [0.717, 1.165) is 16.9 Å². The number of nitrogens with zero attached hydrogens (tertiary/aromatic N) is 3. The van der Waals surface area contributed by atoms with Crippen LogP contribution in [-0.2, 0) is 7.05 Å². The topological polar surface area (TPSA) is 51.3 Å². The first-order valence-corrected chi connectivity index (χ1v) is 6.97. The number of rotatable bonds is 3. The third-order valence-corrected chi connectivity index (χ3v) is 3.32. The number of amides is 1. The molecule has 21 heavy (non-hydrogen) atoms. The molecule has 5 nitrogen and oxygen atoms in total. The Morgan fingerprint density at radius 2 is 2.05 bits per heavy atom. The first-order chi connectivity index (χ1) is 10.1. The number of carbonyl (C=O) groups excluding carboxylic acids is 1. The Kier molecular flexibility index (Phi) is 3.25. The van der Waals surface area contributed by atoms with Gasteiger partial charge < -0.3 is 9.72 Å². The van der Waals surface area contributed by atoms with Gasteiger partial charge >= 0.3 is 0 Å². The second-order valence-electron chi connectivity index (χ2n) is 5.40. The summed E-state index contributed by atoms with van der Waals surface area (Å²) in [7, 11) is 1.88. The van der Waals surface area contributed by atoms with Crippen molar-refractivity contribution in [3.05, 3.63) is 48.3 Å². The van der Waals surface area contributed by atoms with Gasteiger partial charge in [-0.2, -0.15) is 5.10 Å². The smallest absolute Gasteiger partial charge is 0.253 e. The fourth-order valence-corrected chi connectivity index (χ4v) is 2.42. The van der Waals surface area contributed by atoms with E-state index in [9.17, 15) is 4.79 Å². The van der Waals surface area contributed by atoms with Crippen LogP contribution in [0.1, 0.15) is 24.2 Å². The third-order valence-electron chi connectivity index (χ3n) is 3.32. The molecule has 1 amide bonds. The average molecular weight is 282 g/mol. The number of aromatic nitrogens is 3. The summed E-state index contributed by atoms with van der Waals surface area (Å²) < 4.78 is 3.75. The van der Waals surface area contributed by atoms with Crippen LogP contribution in [0.4, 0.5) is 0 Å². The van der Waals surface area contributed by atoms with Gasteiger partial charge in [0.25, 0.3) is 5.91 Å². The van der Waals surface area contributed by atoms with E-state index >= 15 is 0 Å². The second-order valence-corrected chi connectivity index (χ2v) is 5.40. The van der Waals surface area contributed by atoms with Gasteiger partial charge in [0.15, 0.2) is 0 Å². The fraction of sp³-hybridized carbons (Fsp3) is 0.250. The molecule has 0 atom stereocenters. The summed E-state index contributed by atoms with van der Waals surface area (Å²) in [4.78, 5) is 12.4. The summed E-state index contributed by atoms with van der Waals surface area (Å²) in [5.74, 6) is -0.0594. The van der Waals surface area contributed by atoms with Gasteiger partial charge in [0.05, 0.1) is 16.8 Å². The average Bonchev–Trinajstić information content (AvgIpc) is 3.01. The molecule has 0 saturated carbocycles. The largest absolute Gasteiger partial charge is 0.350 e. The maximum absolute atomic E-state index is 12.4. The van der Waals surface area contributed by atoms with Crippen molar-refractivity contribution in [2.45, 2.75) is 19.9 Å². The van der Waals surface area contributed by atoms with Crippen LogP contribution in [0.15, 0.2) is 42.7 Å². The molecule has 3 aromatic heterocycles. The Morgan fingerprint density at radius 1 is 1.24 bits per heavy atom. The minimum absolute atomic E-state index is 0.0594. The highest BCUT2D eigenvalue weighted by molar-refractivity contribution is 6.02. The zero-order chi connectivity index (χ0) is 15.0. The molecule has 3 rings (SSSR count). The van der Waals surface area contributed by atoms with Crippen molar-refractivity contribution in [3.8, 4) is 11.4 Å². The normalized spacial score (nSPS) is 11.2. The summed E-state index contributed by atoms with van der Waals surface area (Å²) in [5, 5.41) is 7.37. The molecule has 0 aliphatic heterocycles. The van der Waals surface area contributed by atoms with Gasteiger partial charge in [0.2, 0.25) is 0 Å². The molecule has 0 aliphatic carbocycles. The maximum atomic E-state index is 12.4. The molecule has 1 N–H and O–H groups in total. The van der Waals surface area contributed by atoms with E-state index in [1.165, 1.54) is 0 Å². The molecular formula is C16H18N4O. The van der Waals surface area contributed by atoms with Crippen LogP contribution in [0.25, 0.3) is 16.9 Å². The standard InChI is InChI=1S/C16H18N4O/c1-11(2)17-16(21)12-10-15(13-7-9-19(3)18-13)20-8-5-4-6-14(12)20/h4-11H,1-3H3,(H,17,21). The molecule has 0 bridgehead atoms. The minimum atomic E-state index is -0.0594. The lowest BCUT2D eigenvalue weighted by Crippen LogP contribution is -2.29. The van der Waals surface area contributed by atoms with Crippen LogP contribution in [0, 0.1) is 0 Å². The van der Waals surface area contributed by atoms with Gasteiger partial charge in [-0.1, -0.05) is 6.07 Å². The minimum Gasteiger partial charge on any atom is -0.350 e. The second kappa shape index (κ2) is 5.09. The lowest BCUT2D eigenvalue weighted by molar-refractivity contribution is 0.0945. The number of hydrogen-bond acceptors (Lipinski definition) is 2. The highest BCUT2D eigenvalue weighted by Gasteiger charge is 2.17. The van der Waals surface area contributed by atoms with Crippen molar-refractivity contribution in [2.24, 2.45) is 7.05 Å². The Labute approximate surface area is 123 Å². The van der Waals surface area contributed by atoms with E-state index in [1.54, 1.807) is 4.68 Å². The highest BCUT2D eigenvalue weighted by Crippen LogP contribution is 2.25. The molecule has 108 valence electrons. The molecule has 0 spiro atoms. The summed E-state index contributed by atoms with van der Waals surface area (Å²) in [6.45, 7) is 3.91. The molecular weight excluding hydrogens is 264 g/mol. The van der Waals surface area contributed by atoms with E-state index < -0.39 is 0 Å². The number of pyridine rings is 1. The lowest BCUT2D eigenvalue weighted by Gasteiger charge is -2.07. The predicted octanol–water partition coefficient (Wildman–Crippen LogP) is 2.48. The summed E-state index contributed by atoms with van der Waals surface area (Å²) in [5.41, 5.74) is 3.32. The zero-order valence-electron chi connectivity index (χ0n) is 12.4. The van der Waals surface area contributed by atoms with Gasteiger partial charge in [-0.05, 0) is 38.1 Å². The number of carbonyl (C=O) groups is 1. The Hall–Kier alpha value is -2.56. The molecule has 0 radical (unpaired) electrons. The van der Waals surface area contributed by atoms with Crippen molar-refractivity contribution < 1.29 is 4.79 Å². The third kappa shape index (κ3) is 2.42. The Bertz CT molecular complexity index is 798. The van der Waals surface area contributed by atoms with Gasteiger partial charge in [-0.25, -0.2) is 0 Å². The monoisotopic (exact) mass is 282 g/mol. The molecule has 0 aliphatic rings. The van der Waals surface area contributed by atoms with E-state index in [-0.39, 0.29) is 11.9 Å². The van der Waals surface area contributed by atoms with Gasteiger partial charge in [0, 0.05) is 25.5 Å². The van der Waals surface area contributed by atoms with E-state index in [0.29, 0.717) is 5.56 Å². The first-order valence-electron chi connectivity index (χ1n) is 6.97. The Morgan fingerprint density at radius 3 is 2.71 bits per heavy atom. The first kappa shape index (κ1) is 13.4. The predicted molar refractivity (Wildman–Crippen MR) is 82.2 cm³/mol. The summed E-state index contributed by atoms with van der Waals surface area (Å²) in [6, 6.07) is 9.78. The molecule has 0 fully saturated rings. The van der Waals surface area contributed by atoms with Gasteiger partial charge in [0.1, 0.15) is 5.69 Å². The molecule has 3 aromatic rings. The lowest BCUT2D eigenvalue weighted by atomic mass is 10.2. The fourth-order valence-electron chi connectivity index (χ4n) is 2.42. The maximum Gasteiger partial charge on any atom is 0.253 e. The van der Waals surface area contributed by atoms with Gasteiger partial charge in [-0.15, -0.1) is 0 Å². The van der Waals surface area contributed by atoms with Crippen molar-refractivity contribution in [2.75, 3.05) is 0 Å². The molecule has 5 heteroatoms. The van der Waals surface area contributed by atoms with Crippen LogP contribution in [0.5, 0.6) is 0 Å². The molecule has 0 aromatic carbocycles. The van der Waals surface area contributed by atoms with Crippen molar-refractivity contribution in [1.29, 1.82) is 0 Å². The number of nitrogens with one attached hydrogen (secondary N) is 1. The quantitative estimate of drug-likeness (QED) is 0.802. The van der Waals surface area contributed by atoms with Crippen LogP contribution >= 0.6 is 0 Å². The summed E-state index contributed by atoms with van der Waals surface area (Å²) >= 11 is 0. The summed E-state index contributed by atoms with van der Waals surface area (Å²) in [6.07, 6.45) is 3.84. The number of aryl methyl sites for hydroxylation is 1. The van der Waals surface area contributed by atoms with E-state index in [2.05, 4.69) is 10.4 Å². The van der Waals surface area contributed by atoms with Crippen LogP contribution in [-0.4, -0.2) is 26.1 Å².